The molecule has 0 spiro atoms. The molecular weight excluding hydrogens is 454 g/mol. The number of aliphatic imine (C=N–C) groups is 1. The van der Waals surface area contributed by atoms with Gasteiger partial charge in [0.2, 0.25) is 5.75 Å². The Morgan fingerprint density at radius 1 is 1.09 bits per heavy atom. The molecular formula is C25H21N3O5S. The van der Waals surface area contributed by atoms with Crippen LogP contribution >= 0.6 is 11.8 Å². The van der Waals surface area contributed by atoms with E-state index in [9.17, 15) is 20.0 Å². The van der Waals surface area contributed by atoms with Crippen LogP contribution in [0.5, 0.6) is 11.5 Å². The zero-order valence-electron chi connectivity index (χ0n) is 18.2. The number of rotatable bonds is 7. The highest BCUT2D eigenvalue weighted by Crippen LogP contribution is 2.39. The number of nitro benzene ring substituents is 1. The highest BCUT2D eigenvalue weighted by molar-refractivity contribution is 8.18. The number of nitro groups is 1. The summed E-state index contributed by atoms with van der Waals surface area (Å²) in [6.07, 6.45) is 1.55. The summed E-state index contributed by atoms with van der Waals surface area (Å²) in [5, 5.41) is 21.9. The average Bonchev–Trinajstić information content (AvgIpc) is 3.13. The molecule has 1 fully saturated rings. The smallest absolute Gasteiger partial charge is 0.315 e. The maximum atomic E-state index is 13.3. The van der Waals surface area contributed by atoms with E-state index >= 15 is 0 Å². The van der Waals surface area contributed by atoms with Gasteiger partial charge < -0.3 is 9.84 Å². The SMILES string of the molecule is COc1cc(/C=C2\SC(=NCc3ccccc3)N(Cc3ccccc3)C2=O)cc([N+](=O)[O-])c1O. The maximum Gasteiger partial charge on any atom is 0.315 e. The highest BCUT2D eigenvalue weighted by atomic mass is 32.2. The second-order valence-corrected chi connectivity index (χ2v) is 8.43. The van der Waals surface area contributed by atoms with Gasteiger partial charge in [0.15, 0.2) is 10.9 Å². The average molecular weight is 476 g/mol. The number of amidine groups is 1. The fourth-order valence-corrected chi connectivity index (χ4v) is 4.39. The standard InChI is InChI=1S/C25H21N3O5S/c1-33-21-13-19(12-20(23(21)29)28(31)32)14-22-24(30)27(16-18-10-6-3-7-11-18)25(34-22)26-15-17-8-4-2-5-9-17/h2-14,29H,15-16H2,1H3/b22-14-,26-25?. The van der Waals surface area contributed by atoms with Crippen molar-refractivity contribution < 1.29 is 19.6 Å². The fraction of sp³-hybridized carbons (Fsp3) is 0.120. The first kappa shape index (κ1) is 23.1. The van der Waals surface area contributed by atoms with Gasteiger partial charge in [-0.05, 0) is 40.6 Å². The Morgan fingerprint density at radius 3 is 2.35 bits per heavy atom. The molecule has 0 bridgehead atoms. The molecule has 1 aliphatic rings. The molecule has 3 aromatic rings. The zero-order chi connectivity index (χ0) is 24.1. The molecule has 4 rings (SSSR count). The third kappa shape index (κ3) is 5.10. The molecule has 0 radical (unpaired) electrons. The maximum absolute atomic E-state index is 13.3. The van der Waals surface area contributed by atoms with Crippen LogP contribution in [0.15, 0.2) is 82.7 Å². The second kappa shape index (κ2) is 10.2. The number of benzene rings is 3. The van der Waals surface area contributed by atoms with Gasteiger partial charge in [0.25, 0.3) is 5.91 Å². The van der Waals surface area contributed by atoms with Crippen LogP contribution in [0.3, 0.4) is 0 Å². The van der Waals surface area contributed by atoms with Crippen molar-refractivity contribution in [3.63, 3.8) is 0 Å². The molecule has 0 aromatic heterocycles. The molecule has 1 aliphatic heterocycles. The van der Waals surface area contributed by atoms with Crippen LogP contribution in [0.4, 0.5) is 5.69 Å². The van der Waals surface area contributed by atoms with E-state index < -0.39 is 16.4 Å². The minimum Gasteiger partial charge on any atom is -0.500 e. The van der Waals surface area contributed by atoms with Crippen LogP contribution < -0.4 is 4.74 Å². The number of aromatic hydroxyl groups is 1. The predicted octanol–water partition coefficient (Wildman–Crippen LogP) is 4.98. The van der Waals surface area contributed by atoms with Crippen molar-refractivity contribution in [3.05, 3.63) is 105 Å². The third-order valence-corrected chi connectivity index (χ3v) is 6.15. The molecule has 1 saturated heterocycles. The van der Waals surface area contributed by atoms with Crippen molar-refractivity contribution in [1.82, 2.24) is 4.90 Å². The van der Waals surface area contributed by atoms with E-state index in [1.54, 1.807) is 11.0 Å². The van der Waals surface area contributed by atoms with Gasteiger partial charge >= 0.3 is 5.69 Å². The van der Waals surface area contributed by atoms with Crippen LogP contribution in [0.2, 0.25) is 0 Å². The molecule has 34 heavy (non-hydrogen) atoms. The lowest BCUT2D eigenvalue weighted by molar-refractivity contribution is -0.386. The molecule has 8 nitrogen and oxygen atoms in total. The van der Waals surface area contributed by atoms with Crippen molar-refractivity contribution >= 4 is 34.6 Å². The molecule has 172 valence electrons. The Balaban J connectivity index is 1.70. The van der Waals surface area contributed by atoms with Gasteiger partial charge in [0, 0.05) is 6.07 Å². The Bertz CT molecular complexity index is 1280. The number of phenolic OH excluding ortho intramolecular Hbond substituents is 1. The lowest BCUT2D eigenvalue weighted by atomic mass is 10.1. The van der Waals surface area contributed by atoms with E-state index in [4.69, 9.17) is 4.74 Å². The summed E-state index contributed by atoms with van der Waals surface area (Å²) in [6.45, 7) is 0.754. The van der Waals surface area contributed by atoms with Crippen molar-refractivity contribution in [3.8, 4) is 11.5 Å². The van der Waals surface area contributed by atoms with Gasteiger partial charge in [-0.3, -0.25) is 24.8 Å². The van der Waals surface area contributed by atoms with Crippen molar-refractivity contribution in [2.75, 3.05) is 7.11 Å². The minimum absolute atomic E-state index is 0.0457. The number of hydrogen-bond donors (Lipinski definition) is 1. The first-order chi connectivity index (χ1) is 16.5. The van der Waals surface area contributed by atoms with E-state index in [2.05, 4.69) is 4.99 Å². The van der Waals surface area contributed by atoms with E-state index in [1.165, 1.54) is 31.0 Å². The Labute approximate surface area is 200 Å². The van der Waals surface area contributed by atoms with Gasteiger partial charge in [-0.25, -0.2) is 0 Å². The van der Waals surface area contributed by atoms with Gasteiger partial charge in [-0.2, -0.15) is 0 Å². The number of thioether (sulfide) groups is 1. The largest absolute Gasteiger partial charge is 0.500 e. The minimum atomic E-state index is -0.697. The summed E-state index contributed by atoms with van der Waals surface area (Å²) >= 11 is 1.21. The molecule has 9 heteroatoms. The third-order valence-electron chi connectivity index (χ3n) is 5.10. The van der Waals surface area contributed by atoms with Crippen LogP contribution in [-0.4, -0.2) is 33.1 Å². The molecule has 0 saturated carbocycles. The van der Waals surface area contributed by atoms with Crippen LogP contribution in [-0.2, 0) is 17.9 Å². The van der Waals surface area contributed by atoms with Crippen LogP contribution in [0.1, 0.15) is 16.7 Å². The molecule has 0 aliphatic carbocycles. The number of carbonyl (C=O) groups excluding carboxylic acids is 1. The normalized spacial score (nSPS) is 15.8. The second-order valence-electron chi connectivity index (χ2n) is 7.42. The quantitative estimate of drug-likeness (QED) is 0.293. The monoisotopic (exact) mass is 475 g/mol. The van der Waals surface area contributed by atoms with E-state index in [0.29, 0.717) is 28.7 Å². The first-order valence-electron chi connectivity index (χ1n) is 10.4. The molecule has 1 amide bonds. The summed E-state index contributed by atoms with van der Waals surface area (Å²) in [6, 6.07) is 22.0. The van der Waals surface area contributed by atoms with E-state index in [-0.39, 0.29) is 11.7 Å². The van der Waals surface area contributed by atoms with Gasteiger partial charge in [0.1, 0.15) is 0 Å². The topological polar surface area (TPSA) is 105 Å². The van der Waals surface area contributed by atoms with Gasteiger partial charge in [-0.15, -0.1) is 0 Å². The number of phenols is 1. The predicted molar refractivity (Wildman–Crippen MR) is 131 cm³/mol. The van der Waals surface area contributed by atoms with Crippen molar-refractivity contribution in [2.45, 2.75) is 13.1 Å². The summed E-state index contributed by atoms with van der Waals surface area (Å²) in [4.78, 5) is 30.6. The highest BCUT2D eigenvalue weighted by Gasteiger charge is 2.33. The summed E-state index contributed by atoms with van der Waals surface area (Å²) < 4.78 is 5.07. The Hall–Kier alpha value is -4.11. The summed E-state index contributed by atoms with van der Waals surface area (Å²) in [5.41, 5.74) is 1.83. The van der Waals surface area contributed by atoms with Gasteiger partial charge in [0.05, 0.1) is 30.0 Å². The molecule has 3 aromatic carbocycles. The summed E-state index contributed by atoms with van der Waals surface area (Å²) in [7, 11) is 1.31. The van der Waals surface area contributed by atoms with Crippen molar-refractivity contribution in [2.24, 2.45) is 4.99 Å². The van der Waals surface area contributed by atoms with Crippen molar-refractivity contribution in [1.29, 1.82) is 0 Å². The van der Waals surface area contributed by atoms with E-state index in [1.807, 2.05) is 60.7 Å². The van der Waals surface area contributed by atoms with E-state index in [0.717, 1.165) is 11.1 Å². The number of nitrogens with zero attached hydrogens (tertiary/aromatic N) is 3. The number of amides is 1. The molecule has 1 N–H and O–H groups in total. The number of methoxy groups -OCH3 is 1. The number of hydrogen-bond acceptors (Lipinski definition) is 7. The fourth-order valence-electron chi connectivity index (χ4n) is 3.42. The lowest BCUT2D eigenvalue weighted by Crippen LogP contribution is -2.28. The molecule has 0 unspecified atom stereocenters. The number of ether oxygens (including phenoxy) is 1. The van der Waals surface area contributed by atoms with Gasteiger partial charge in [-0.1, -0.05) is 60.7 Å². The number of carbonyl (C=O) groups is 1. The molecule has 1 heterocycles. The first-order valence-corrected chi connectivity index (χ1v) is 11.2. The summed E-state index contributed by atoms with van der Waals surface area (Å²) in [5.74, 6) is -0.859. The van der Waals surface area contributed by atoms with Crippen LogP contribution in [0, 0.1) is 10.1 Å². The van der Waals surface area contributed by atoms with Crippen LogP contribution in [0.25, 0.3) is 6.08 Å². The Kier molecular flexibility index (Phi) is 6.93. The lowest BCUT2D eigenvalue weighted by Gasteiger charge is -2.15. The molecule has 0 atom stereocenters. The Morgan fingerprint density at radius 2 is 1.74 bits per heavy atom. The zero-order valence-corrected chi connectivity index (χ0v) is 19.1.